The lowest BCUT2D eigenvalue weighted by Gasteiger charge is -2.30. The van der Waals surface area contributed by atoms with Gasteiger partial charge < -0.3 is 11.1 Å². The minimum absolute atomic E-state index is 0. The van der Waals surface area contributed by atoms with Crippen molar-refractivity contribution in [2.75, 3.05) is 0 Å². The van der Waals surface area contributed by atoms with Crippen LogP contribution < -0.4 is 11.1 Å². The molecular formula is C14H29ClN2O. The van der Waals surface area contributed by atoms with Crippen molar-refractivity contribution < 1.29 is 4.79 Å². The van der Waals surface area contributed by atoms with Gasteiger partial charge in [-0.15, -0.1) is 12.4 Å². The van der Waals surface area contributed by atoms with Crippen LogP contribution in [0.2, 0.25) is 0 Å². The van der Waals surface area contributed by atoms with Crippen molar-refractivity contribution in [3.05, 3.63) is 0 Å². The van der Waals surface area contributed by atoms with Gasteiger partial charge in [0.05, 0.1) is 0 Å². The first-order chi connectivity index (χ1) is 8.04. The van der Waals surface area contributed by atoms with Crippen molar-refractivity contribution >= 4 is 18.3 Å². The van der Waals surface area contributed by atoms with Crippen molar-refractivity contribution in [1.29, 1.82) is 0 Å². The van der Waals surface area contributed by atoms with Crippen molar-refractivity contribution in [1.82, 2.24) is 5.32 Å². The first-order valence-corrected chi connectivity index (χ1v) is 7.10. The average Bonchev–Trinajstić information content (AvgIpc) is 2.30. The highest BCUT2D eigenvalue weighted by Gasteiger charge is 2.24. The van der Waals surface area contributed by atoms with Crippen LogP contribution in [0.1, 0.15) is 59.3 Å². The SMILES string of the molecule is CCCC1CCC(NC(=O)C(C)C(C)N)CC1.Cl. The number of carbonyl (C=O) groups excluding carboxylic acids is 1. The van der Waals surface area contributed by atoms with Gasteiger partial charge in [-0.05, 0) is 38.5 Å². The number of carbonyl (C=O) groups is 1. The highest BCUT2D eigenvalue weighted by Crippen LogP contribution is 2.27. The predicted molar refractivity (Wildman–Crippen MR) is 78.9 cm³/mol. The fraction of sp³-hybridized carbons (Fsp3) is 0.929. The molecule has 1 aliphatic rings. The van der Waals surface area contributed by atoms with Gasteiger partial charge in [0.2, 0.25) is 5.91 Å². The molecule has 0 aromatic carbocycles. The van der Waals surface area contributed by atoms with E-state index in [2.05, 4.69) is 12.2 Å². The zero-order valence-electron chi connectivity index (χ0n) is 11.9. The Hall–Kier alpha value is -0.280. The monoisotopic (exact) mass is 276 g/mol. The Morgan fingerprint density at radius 1 is 1.28 bits per heavy atom. The summed E-state index contributed by atoms with van der Waals surface area (Å²) < 4.78 is 0. The molecule has 108 valence electrons. The Labute approximate surface area is 118 Å². The van der Waals surface area contributed by atoms with Gasteiger partial charge in [0.15, 0.2) is 0 Å². The lowest BCUT2D eigenvalue weighted by molar-refractivity contribution is -0.125. The first kappa shape index (κ1) is 17.7. The summed E-state index contributed by atoms with van der Waals surface area (Å²) in [6, 6.07) is 0.322. The summed E-state index contributed by atoms with van der Waals surface area (Å²) in [7, 11) is 0. The lowest BCUT2D eigenvalue weighted by Crippen LogP contribution is -2.44. The Kier molecular flexibility index (Phi) is 8.62. The van der Waals surface area contributed by atoms with Crippen LogP contribution in [0, 0.1) is 11.8 Å². The van der Waals surface area contributed by atoms with Gasteiger partial charge in [0.1, 0.15) is 0 Å². The molecule has 0 saturated heterocycles. The zero-order chi connectivity index (χ0) is 12.8. The highest BCUT2D eigenvalue weighted by atomic mass is 35.5. The maximum Gasteiger partial charge on any atom is 0.224 e. The molecule has 1 rings (SSSR count). The number of hydrogen-bond acceptors (Lipinski definition) is 2. The molecule has 4 heteroatoms. The molecule has 1 aliphatic carbocycles. The maximum atomic E-state index is 11.9. The summed E-state index contributed by atoms with van der Waals surface area (Å²) in [5.74, 6) is 0.932. The van der Waals surface area contributed by atoms with Crippen LogP contribution in [-0.2, 0) is 4.79 Å². The number of hydrogen-bond donors (Lipinski definition) is 2. The second-order valence-electron chi connectivity index (χ2n) is 5.66. The Morgan fingerprint density at radius 3 is 2.28 bits per heavy atom. The smallest absolute Gasteiger partial charge is 0.224 e. The van der Waals surface area contributed by atoms with Gasteiger partial charge >= 0.3 is 0 Å². The minimum atomic E-state index is -0.0802. The van der Waals surface area contributed by atoms with Crippen LogP contribution in [0.5, 0.6) is 0 Å². The molecule has 0 aromatic rings. The van der Waals surface area contributed by atoms with Gasteiger partial charge in [-0.2, -0.15) is 0 Å². The Bertz CT molecular complexity index is 238. The predicted octanol–water partition coefficient (Wildman–Crippen LogP) is 2.87. The summed E-state index contributed by atoms with van der Waals surface area (Å²) in [6.45, 7) is 6.04. The van der Waals surface area contributed by atoms with E-state index in [1.165, 1.54) is 25.7 Å². The van der Waals surface area contributed by atoms with Gasteiger partial charge in [-0.3, -0.25) is 4.79 Å². The molecule has 1 fully saturated rings. The molecule has 2 unspecified atom stereocenters. The molecule has 0 bridgehead atoms. The fourth-order valence-electron chi connectivity index (χ4n) is 2.58. The second kappa shape index (κ2) is 8.76. The molecular weight excluding hydrogens is 248 g/mol. The van der Waals surface area contributed by atoms with E-state index in [1.807, 2.05) is 13.8 Å². The number of rotatable bonds is 5. The molecule has 0 heterocycles. The van der Waals surface area contributed by atoms with Crippen LogP contribution >= 0.6 is 12.4 Å². The first-order valence-electron chi connectivity index (χ1n) is 7.10. The molecule has 0 radical (unpaired) electrons. The minimum Gasteiger partial charge on any atom is -0.353 e. The zero-order valence-corrected chi connectivity index (χ0v) is 12.8. The van der Waals surface area contributed by atoms with Crippen molar-refractivity contribution in [3.8, 4) is 0 Å². The number of nitrogens with two attached hydrogens (primary N) is 1. The number of amides is 1. The van der Waals surface area contributed by atoms with E-state index < -0.39 is 0 Å². The molecule has 3 N–H and O–H groups in total. The topological polar surface area (TPSA) is 55.1 Å². The van der Waals surface area contributed by atoms with E-state index in [1.54, 1.807) is 0 Å². The molecule has 18 heavy (non-hydrogen) atoms. The van der Waals surface area contributed by atoms with Crippen LogP contribution in [0.25, 0.3) is 0 Å². The molecule has 3 nitrogen and oxygen atoms in total. The molecule has 0 aromatic heterocycles. The van der Waals surface area contributed by atoms with Crippen molar-refractivity contribution in [2.45, 2.75) is 71.4 Å². The summed E-state index contributed by atoms with van der Waals surface area (Å²) in [5.41, 5.74) is 5.74. The van der Waals surface area contributed by atoms with Crippen molar-refractivity contribution in [3.63, 3.8) is 0 Å². The number of nitrogens with one attached hydrogen (secondary N) is 1. The molecule has 2 atom stereocenters. The van der Waals surface area contributed by atoms with Crippen LogP contribution in [-0.4, -0.2) is 18.0 Å². The summed E-state index contributed by atoms with van der Waals surface area (Å²) >= 11 is 0. The summed E-state index contributed by atoms with van der Waals surface area (Å²) in [6.07, 6.45) is 7.45. The fourth-order valence-corrected chi connectivity index (χ4v) is 2.58. The molecule has 0 aliphatic heterocycles. The standard InChI is InChI=1S/C14H28N2O.ClH/c1-4-5-12-6-8-13(9-7-12)16-14(17)10(2)11(3)15;/h10-13H,4-9,15H2,1-3H3,(H,16,17);1H. The second-order valence-corrected chi connectivity index (χ2v) is 5.66. The van der Waals surface area contributed by atoms with Crippen LogP contribution in [0.15, 0.2) is 0 Å². The molecule has 1 saturated carbocycles. The van der Waals surface area contributed by atoms with Gasteiger partial charge in [0.25, 0.3) is 0 Å². The normalized spacial score (nSPS) is 26.9. The van der Waals surface area contributed by atoms with Crippen LogP contribution in [0.4, 0.5) is 0 Å². The van der Waals surface area contributed by atoms with E-state index in [0.717, 1.165) is 18.8 Å². The number of halogens is 1. The quantitative estimate of drug-likeness (QED) is 0.811. The van der Waals surface area contributed by atoms with Gasteiger partial charge in [0, 0.05) is 18.0 Å². The van der Waals surface area contributed by atoms with E-state index in [0.29, 0.717) is 6.04 Å². The third kappa shape index (κ3) is 5.57. The maximum absolute atomic E-state index is 11.9. The van der Waals surface area contributed by atoms with Crippen LogP contribution in [0.3, 0.4) is 0 Å². The van der Waals surface area contributed by atoms with E-state index in [-0.39, 0.29) is 30.3 Å². The summed E-state index contributed by atoms with van der Waals surface area (Å²) in [5, 5.41) is 3.14. The average molecular weight is 277 g/mol. The van der Waals surface area contributed by atoms with Gasteiger partial charge in [-0.25, -0.2) is 0 Å². The van der Waals surface area contributed by atoms with E-state index in [9.17, 15) is 4.79 Å². The Balaban J connectivity index is 0.00000289. The van der Waals surface area contributed by atoms with Crippen molar-refractivity contribution in [2.24, 2.45) is 17.6 Å². The highest BCUT2D eigenvalue weighted by molar-refractivity contribution is 5.85. The molecule has 0 spiro atoms. The van der Waals surface area contributed by atoms with Gasteiger partial charge in [-0.1, -0.05) is 26.7 Å². The largest absolute Gasteiger partial charge is 0.353 e. The lowest BCUT2D eigenvalue weighted by atomic mass is 9.83. The van der Waals surface area contributed by atoms with E-state index >= 15 is 0 Å². The Morgan fingerprint density at radius 2 is 1.83 bits per heavy atom. The van der Waals surface area contributed by atoms with E-state index in [4.69, 9.17) is 5.73 Å². The summed E-state index contributed by atoms with van der Waals surface area (Å²) in [4.78, 5) is 11.9. The third-order valence-corrected chi connectivity index (χ3v) is 4.09. The third-order valence-electron chi connectivity index (χ3n) is 4.09. The molecule has 1 amide bonds.